The highest BCUT2D eigenvalue weighted by molar-refractivity contribution is 7.89. The van der Waals surface area contributed by atoms with Gasteiger partial charge in [-0.25, -0.2) is 13.1 Å². The van der Waals surface area contributed by atoms with Crippen molar-refractivity contribution in [2.75, 3.05) is 7.11 Å². The van der Waals surface area contributed by atoms with Gasteiger partial charge < -0.3 is 14.4 Å². The number of aromatic nitrogens is 1. The lowest BCUT2D eigenvalue weighted by atomic mass is 10.2. The second kappa shape index (κ2) is 6.25. The summed E-state index contributed by atoms with van der Waals surface area (Å²) in [5.74, 6) is 0.777. The van der Waals surface area contributed by atoms with Crippen molar-refractivity contribution < 1.29 is 22.8 Å². The molecule has 21 heavy (non-hydrogen) atoms. The molecule has 0 aliphatic heterocycles. The Hall–Kier alpha value is -1.90. The number of aliphatic hydroxyl groups excluding tert-OH is 1. The predicted octanol–water partition coefficient (Wildman–Crippen LogP) is 0.962. The van der Waals surface area contributed by atoms with Gasteiger partial charge in [-0.3, -0.25) is 0 Å². The summed E-state index contributed by atoms with van der Waals surface area (Å²) < 4.78 is 36.9. The summed E-state index contributed by atoms with van der Waals surface area (Å²) in [7, 11) is -2.38. The molecule has 0 bridgehead atoms. The zero-order valence-corrected chi connectivity index (χ0v) is 12.5. The van der Waals surface area contributed by atoms with Crippen molar-refractivity contribution in [3.8, 4) is 5.75 Å². The van der Waals surface area contributed by atoms with Crippen molar-refractivity contribution in [3.63, 3.8) is 0 Å². The molecule has 0 amide bonds. The lowest BCUT2D eigenvalue weighted by molar-refractivity contribution is 0.280. The van der Waals surface area contributed by atoms with Crippen LogP contribution in [0.1, 0.15) is 17.0 Å². The first-order chi connectivity index (χ1) is 9.96. The third-order valence-electron chi connectivity index (χ3n) is 2.82. The van der Waals surface area contributed by atoms with E-state index in [4.69, 9.17) is 14.4 Å². The molecule has 0 saturated heterocycles. The predicted molar refractivity (Wildman–Crippen MR) is 74.2 cm³/mol. The minimum Gasteiger partial charge on any atom is -0.495 e. The summed E-state index contributed by atoms with van der Waals surface area (Å²) in [6.07, 6.45) is 0. The Morgan fingerprint density at radius 1 is 1.38 bits per heavy atom. The van der Waals surface area contributed by atoms with Gasteiger partial charge in [-0.05, 0) is 24.6 Å². The SMILES string of the molecule is COc1cc(CO)ccc1S(=O)(=O)NCc1cc(C)on1. The first kappa shape index (κ1) is 15.5. The van der Waals surface area contributed by atoms with E-state index >= 15 is 0 Å². The fourth-order valence-electron chi connectivity index (χ4n) is 1.78. The molecule has 1 heterocycles. The van der Waals surface area contributed by atoms with E-state index in [2.05, 4.69) is 9.88 Å². The van der Waals surface area contributed by atoms with E-state index in [-0.39, 0.29) is 23.8 Å². The van der Waals surface area contributed by atoms with Crippen LogP contribution in [0.5, 0.6) is 5.75 Å². The molecule has 1 aromatic heterocycles. The van der Waals surface area contributed by atoms with Crippen LogP contribution in [0.4, 0.5) is 0 Å². The Labute approximate surface area is 122 Å². The fourth-order valence-corrected chi connectivity index (χ4v) is 2.93. The van der Waals surface area contributed by atoms with E-state index in [1.165, 1.54) is 25.3 Å². The van der Waals surface area contributed by atoms with Gasteiger partial charge >= 0.3 is 0 Å². The molecule has 8 heteroatoms. The molecule has 0 unspecified atom stereocenters. The minimum atomic E-state index is -3.76. The molecule has 7 nitrogen and oxygen atoms in total. The molecule has 0 fully saturated rings. The van der Waals surface area contributed by atoms with Crippen LogP contribution < -0.4 is 9.46 Å². The standard InChI is InChI=1S/C13H16N2O5S/c1-9-5-11(15-20-9)7-14-21(17,18)13-4-3-10(8-16)6-12(13)19-2/h3-6,14,16H,7-8H2,1-2H3. The van der Waals surface area contributed by atoms with Crippen LogP contribution in [-0.4, -0.2) is 25.8 Å². The molecule has 114 valence electrons. The average Bonchev–Trinajstić information content (AvgIpc) is 2.90. The van der Waals surface area contributed by atoms with Crippen molar-refractivity contribution in [1.29, 1.82) is 0 Å². The summed E-state index contributed by atoms with van der Waals surface area (Å²) in [5, 5.41) is 12.8. The third kappa shape index (κ3) is 3.60. The molecule has 2 rings (SSSR count). The first-order valence-electron chi connectivity index (χ1n) is 6.16. The number of aliphatic hydroxyl groups is 1. The van der Waals surface area contributed by atoms with Gasteiger partial charge in [0.1, 0.15) is 16.4 Å². The summed E-state index contributed by atoms with van der Waals surface area (Å²) >= 11 is 0. The van der Waals surface area contributed by atoms with Crippen LogP contribution in [-0.2, 0) is 23.2 Å². The molecule has 1 aromatic carbocycles. The number of hydrogen-bond acceptors (Lipinski definition) is 6. The summed E-state index contributed by atoms with van der Waals surface area (Å²) in [4.78, 5) is 0.00224. The van der Waals surface area contributed by atoms with Crippen molar-refractivity contribution >= 4 is 10.0 Å². The molecule has 2 aromatic rings. The number of rotatable bonds is 6. The Bertz CT molecular complexity index is 724. The van der Waals surface area contributed by atoms with Gasteiger partial charge in [-0.2, -0.15) is 0 Å². The highest BCUT2D eigenvalue weighted by Crippen LogP contribution is 2.25. The van der Waals surface area contributed by atoms with E-state index in [0.29, 0.717) is 17.0 Å². The average molecular weight is 312 g/mol. The van der Waals surface area contributed by atoms with Crippen LogP contribution in [0.15, 0.2) is 33.7 Å². The Morgan fingerprint density at radius 3 is 2.71 bits per heavy atom. The van der Waals surface area contributed by atoms with Gasteiger partial charge in [0.25, 0.3) is 0 Å². The van der Waals surface area contributed by atoms with Gasteiger partial charge in [0.2, 0.25) is 10.0 Å². The largest absolute Gasteiger partial charge is 0.495 e. The lowest BCUT2D eigenvalue weighted by Crippen LogP contribution is -2.24. The van der Waals surface area contributed by atoms with Crippen LogP contribution in [0, 0.1) is 6.92 Å². The van der Waals surface area contributed by atoms with Crippen LogP contribution >= 0.6 is 0 Å². The van der Waals surface area contributed by atoms with E-state index < -0.39 is 10.0 Å². The second-order valence-electron chi connectivity index (χ2n) is 4.40. The Balaban J connectivity index is 2.22. The minimum absolute atomic E-state index is 0.00224. The molecular weight excluding hydrogens is 296 g/mol. The summed E-state index contributed by atoms with van der Waals surface area (Å²) in [5.41, 5.74) is 1.06. The van der Waals surface area contributed by atoms with Gasteiger partial charge in [-0.1, -0.05) is 11.2 Å². The molecule has 0 atom stereocenters. The molecular formula is C13H16N2O5S. The number of methoxy groups -OCH3 is 1. The maximum Gasteiger partial charge on any atom is 0.244 e. The normalized spacial score (nSPS) is 11.6. The van der Waals surface area contributed by atoms with Gasteiger partial charge in [0, 0.05) is 6.07 Å². The maximum absolute atomic E-state index is 12.3. The number of aryl methyl sites for hydroxylation is 1. The van der Waals surface area contributed by atoms with Gasteiger partial charge in [0.15, 0.2) is 0 Å². The smallest absolute Gasteiger partial charge is 0.244 e. The number of sulfonamides is 1. The highest BCUT2D eigenvalue weighted by atomic mass is 32.2. The lowest BCUT2D eigenvalue weighted by Gasteiger charge is -2.11. The molecule has 0 aliphatic rings. The maximum atomic E-state index is 12.3. The molecule has 0 radical (unpaired) electrons. The summed E-state index contributed by atoms with van der Waals surface area (Å²) in [6, 6.07) is 6.04. The van der Waals surface area contributed by atoms with E-state index in [1.807, 2.05) is 0 Å². The molecule has 0 aliphatic carbocycles. The number of benzene rings is 1. The molecule has 0 spiro atoms. The van der Waals surface area contributed by atoms with Crippen LogP contribution in [0.25, 0.3) is 0 Å². The van der Waals surface area contributed by atoms with E-state index in [9.17, 15) is 8.42 Å². The molecule has 2 N–H and O–H groups in total. The van der Waals surface area contributed by atoms with Gasteiger partial charge in [0.05, 0.1) is 26.0 Å². The number of hydrogen-bond donors (Lipinski definition) is 2. The number of ether oxygens (including phenoxy) is 1. The van der Waals surface area contributed by atoms with E-state index in [0.717, 1.165) is 0 Å². The van der Waals surface area contributed by atoms with E-state index in [1.54, 1.807) is 13.0 Å². The van der Waals surface area contributed by atoms with Crippen LogP contribution in [0.2, 0.25) is 0 Å². The fraction of sp³-hybridized carbons (Fsp3) is 0.308. The highest BCUT2D eigenvalue weighted by Gasteiger charge is 2.20. The Morgan fingerprint density at radius 2 is 2.14 bits per heavy atom. The van der Waals surface area contributed by atoms with Crippen molar-refractivity contribution in [2.24, 2.45) is 0 Å². The first-order valence-corrected chi connectivity index (χ1v) is 7.64. The number of nitrogens with one attached hydrogen (secondary N) is 1. The number of nitrogens with zero attached hydrogens (tertiary/aromatic N) is 1. The Kier molecular flexibility index (Phi) is 4.61. The summed E-state index contributed by atoms with van der Waals surface area (Å²) in [6.45, 7) is 1.55. The van der Waals surface area contributed by atoms with Crippen molar-refractivity contribution in [1.82, 2.24) is 9.88 Å². The van der Waals surface area contributed by atoms with Crippen molar-refractivity contribution in [2.45, 2.75) is 25.0 Å². The topological polar surface area (TPSA) is 102 Å². The monoisotopic (exact) mass is 312 g/mol. The zero-order chi connectivity index (χ0) is 15.5. The van der Waals surface area contributed by atoms with Crippen LogP contribution in [0.3, 0.4) is 0 Å². The van der Waals surface area contributed by atoms with Crippen molar-refractivity contribution in [3.05, 3.63) is 41.3 Å². The molecule has 0 saturated carbocycles. The second-order valence-corrected chi connectivity index (χ2v) is 6.13. The zero-order valence-electron chi connectivity index (χ0n) is 11.7. The van der Waals surface area contributed by atoms with Gasteiger partial charge in [-0.15, -0.1) is 0 Å². The quantitative estimate of drug-likeness (QED) is 0.824. The third-order valence-corrected chi connectivity index (χ3v) is 4.26.